The van der Waals surface area contributed by atoms with Crippen molar-refractivity contribution in [2.24, 2.45) is 0 Å². The molecular weight excluding hydrogens is 354 g/mol. The summed E-state index contributed by atoms with van der Waals surface area (Å²) in [6.07, 6.45) is 1.42. The highest BCUT2D eigenvalue weighted by Gasteiger charge is 2.25. The molecule has 2 atom stereocenters. The van der Waals surface area contributed by atoms with Gasteiger partial charge in [0, 0.05) is 54.9 Å². The first-order chi connectivity index (χ1) is 13.4. The number of β-amino-alcohol motifs (C(OH)–C–C–N with tert-alkyl or cyclic N) is 1. The second kappa shape index (κ2) is 7.54. The summed E-state index contributed by atoms with van der Waals surface area (Å²) in [4.78, 5) is 16.2. The second-order valence-corrected chi connectivity index (χ2v) is 7.89. The van der Waals surface area contributed by atoms with Gasteiger partial charge in [-0.1, -0.05) is 11.6 Å². The van der Waals surface area contributed by atoms with Gasteiger partial charge < -0.3 is 19.8 Å². The van der Waals surface area contributed by atoms with Crippen molar-refractivity contribution in [1.29, 1.82) is 0 Å². The summed E-state index contributed by atoms with van der Waals surface area (Å²) in [5, 5.41) is 21.8. The Labute approximate surface area is 164 Å². The van der Waals surface area contributed by atoms with E-state index in [2.05, 4.69) is 39.6 Å². The minimum atomic E-state index is -0.701. The third kappa shape index (κ3) is 3.63. The van der Waals surface area contributed by atoms with Crippen LogP contribution in [-0.4, -0.2) is 43.9 Å². The van der Waals surface area contributed by atoms with Gasteiger partial charge in [-0.05, 0) is 43.2 Å². The van der Waals surface area contributed by atoms with Crippen molar-refractivity contribution in [2.75, 3.05) is 13.1 Å². The van der Waals surface area contributed by atoms with E-state index in [0.717, 1.165) is 25.0 Å². The molecule has 4 rings (SSSR count). The Morgan fingerprint density at radius 3 is 2.71 bits per heavy atom. The van der Waals surface area contributed by atoms with Crippen molar-refractivity contribution in [1.82, 2.24) is 14.5 Å². The Bertz CT molecular complexity index is 1030. The third-order valence-corrected chi connectivity index (χ3v) is 5.56. The quantitative estimate of drug-likeness (QED) is 0.632. The first-order valence-corrected chi connectivity index (χ1v) is 9.80. The van der Waals surface area contributed by atoms with Gasteiger partial charge in [-0.25, -0.2) is 0 Å². The smallest absolute Gasteiger partial charge is 0.247 e. The van der Waals surface area contributed by atoms with Crippen molar-refractivity contribution < 1.29 is 10.2 Å². The Morgan fingerprint density at radius 2 is 2.00 bits per heavy atom. The minimum Gasteiger partial charge on any atom is -0.392 e. The highest BCUT2D eigenvalue weighted by molar-refractivity contribution is 5.86. The van der Waals surface area contributed by atoms with Crippen LogP contribution in [0.25, 0.3) is 10.9 Å². The van der Waals surface area contributed by atoms with E-state index in [1.807, 2.05) is 6.92 Å². The summed E-state index contributed by atoms with van der Waals surface area (Å²) in [6.45, 7) is 6.72. The summed E-state index contributed by atoms with van der Waals surface area (Å²) < 4.78 is 2.22. The first kappa shape index (κ1) is 18.9. The maximum absolute atomic E-state index is 11.3. The zero-order valence-corrected chi connectivity index (χ0v) is 16.4. The molecule has 2 aromatic heterocycles. The molecule has 6 nitrogen and oxygen atoms in total. The third-order valence-electron chi connectivity index (χ3n) is 5.56. The topological polar surface area (TPSA) is 81.5 Å². The standard InChI is InChI=1S/C22H27N3O3/c1-14-3-5-19-17(9-14)18-12-24(11-15(2)26)8-7-20(18)25(19)13-21(27)16-4-6-22(28)23-10-16/h3-6,9-10,15,21,26-27H,7-8,11-13H2,1-2H3,(H,23,28). The van der Waals surface area contributed by atoms with Gasteiger partial charge >= 0.3 is 0 Å². The molecule has 1 aliphatic rings. The van der Waals surface area contributed by atoms with Crippen molar-refractivity contribution in [3.63, 3.8) is 0 Å². The predicted molar refractivity (Wildman–Crippen MR) is 109 cm³/mol. The van der Waals surface area contributed by atoms with Crippen LogP contribution in [0.15, 0.2) is 41.3 Å². The number of nitrogens with one attached hydrogen (secondary N) is 1. The average Bonchev–Trinajstić information content (AvgIpc) is 2.94. The van der Waals surface area contributed by atoms with Gasteiger partial charge in [0.1, 0.15) is 0 Å². The molecule has 2 unspecified atom stereocenters. The number of benzene rings is 1. The molecule has 0 radical (unpaired) electrons. The number of nitrogens with zero attached hydrogens (tertiary/aromatic N) is 2. The molecule has 148 valence electrons. The molecular formula is C22H27N3O3. The van der Waals surface area contributed by atoms with Gasteiger partial charge in [-0.15, -0.1) is 0 Å². The zero-order valence-electron chi connectivity index (χ0n) is 16.4. The van der Waals surface area contributed by atoms with Crippen LogP contribution in [0.1, 0.15) is 35.4 Å². The lowest BCUT2D eigenvalue weighted by atomic mass is 10.0. The largest absolute Gasteiger partial charge is 0.392 e. The number of aliphatic hydroxyl groups excluding tert-OH is 2. The molecule has 3 aromatic rings. The van der Waals surface area contributed by atoms with Crippen LogP contribution in [0.3, 0.4) is 0 Å². The van der Waals surface area contributed by atoms with Crippen LogP contribution in [0.4, 0.5) is 0 Å². The molecule has 0 saturated carbocycles. The Morgan fingerprint density at radius 1 is 1.18 bits per heavy atom. The second-order valence-electron chi connectivity index (χ2n) is 7.89. The van der Waals surface area contributed by atoms with E-state index < -0.39 is 6.10 Å². The average molecular weight is 381 g/mol. The van der Waals surface area contributed by atoms with Gasteiger partial charge in [-0.2, -0.15) is 0 Å². The van der Waals surface area contributed by atoms with Crippen LogP contribution >= 0.6 is 0 Å². The van der Waals surface area contributed by atoms with Gasteiger partial charge in [0.2, 0.25) is 5.56 Å². The van der Waals surface area contributed by atoms with Crippen molar-refractivity contribution >= 4 is 10.9 Å². The van der Waals surface area contributed by atoms with E-state index in [4.69, 9.17) is 0 Å². The van der Waals surface area contributed by atoms with Crippen molar-refractivity contribution in [3.8, 4) is 0 Å². The van der Waals surface area contributed by atoms with Crippen molar-refractivity contribution in [2.45, 2.75) is 45.6 Å². The fourth-order valence-corrected chi connectivity index (χ4v) is 4.27. The first-order valence-electron chi connectivity index (χ1n) is 9.80. The summed E-state index contributed by atoms with van der Waals surface area (Å²) in [5.74, 6) is 0. The summed E-state index contributed by atoms with van der Waals surface area (Å²) in [6, 6.07) is 9.56. The molecule has 0 fully saturated rings. The lowest BCUT2D eigenvalue weighted by Crippen LogP contribution is -2.36. The van der Waals surface area contributed by atoms with Crippen LogP contribution in [0, 0.1) is 6.92 Å². The van der Waals surface area contributed by atoms with Crippen LogP contribution in [-0.2, 0) is 19.5 Å². The number of hydrogen-bond acceptors (Lipinski definition) is 4. The highest BCUT2D eigenvalue weighted by Crippen LogP contribution is 2.33. The Balaban J connectivity index is 1.72. The molecule has 0 spiro atoms. The molecule has 3 N–H and O–H groups in total. The van der Waals surface area contributed by atoms with E-state index in [0.29, 0.717) is 18.7 Å². The molecule has 0 amide bonds. The molecule has 6 heteroatoms. The number of H-pyrrole nitrogens is 1. The number of aromatic nitrogens is 2. The maximum Gasteiger partial charge on any atom is 0.247 e. The monoisotopic (exact) mass is 381 g/mol. The van der Waals surface area contributed by atoms with E-state index >= 15 is 0 Å². The molecule has 1 aliphatic heterocycles. The molecule has 3 heterocycles. The zero-order chi connectivity index (χ0) is 19.8. The molecule has 28 heavy (non-hydrogen) atoms. The fourth-order valence-electron chi connectivity index (χ4n) is 4.27. The van der Waals surface area contributed by atoms with Crippen LogP contribution in [0.5, 0.6) is 0 Å². The molecule has 0 saturated heterocycles. The van der Waals surface area contributed by atoms with Gasteiger partial charge in [0.25, 0.3) is 0 Å². The minimum absolute atomic E-state index is 0.173. The Hall–Kier alpha value is -2.41. The number of pyridine rings is 1. The lowest BCUT2D eigenvalue weighted by Gasteiger charge is -2.29. The number of aromatic amines is 1. The fraction of sp³-hybridized carbons (Fsp3) is 0.409. The predicted octanol–water partition coefficient (Wildman–Crippen LogP) is 2.11. The summed E-state index contributed by atoms with van der Waals surface area (Å²) >= 11 is 0. The molecule has 1 aromatic carbocycles. The van der Waals surface area contributed by atoms with Gasteiger partial charge in [0.15, 0.2) is 0 Å². The van der Waals surface area contributed by atoms with Crippen LogP contribution in [0.2, 0.25) is 0 Å². The normalized spacial score (nSPS) is 16.9. The van der Waals surface area contributed by atoms with Crippen molar-refractivity contribution in [3.05, 3.63) is 69.3 Å². The van der Waals surface area contributed by atoms with Gasteiger partial charge in [-0.3, -0.25) is 9.69 Å². The number of aliphatic hydroxyl groups is 2. The number of rotatable bonds is 5. The van der Waals surface area contributed by atoms with E-state index in [9.17, 15) is 15.0 Å². The van der Waals surface area contributed by atoms with Crippen LogP contribution < -0.4 is 5.56 Å². The number of hydrogen-bond donors (Lipinski definition) is 3. The maximum atomic E-state index is 11.3. The van der Waals surface area contributed by atoms with E-state index in [1.165, 1.54) is 28.3 Å². The summed E-state index contributed by atoms with van der Waals surface area (Å²) in [5.41, 5.74) is 5.41. The number of aryl methyl sites for hydroxylation is 1. The lowest BCUT2D eigenvalue weighted by molar-refractivity contribution is 0.117. The SMILES string of the molecule is Cc1ccc2c(c1)c1c(n2CC(O)c2ccc(=O)[nH]c2)CCN(CC(C)O)C1. The highest BCUT2D eigenvalue weighted by atomic mass is 16.3. The summed E-state index contributed by atoms with van der Waals surface area (Å²) in [7, 11) is 0. The van der Waals surface area contributed by atoms with Gasteiger partial charge in [0.05, 0.1) is 18.8 Å². The molecule has 0 aliphatic carbocycles. The van der Waals surface area contributed by atoms with E-state index in [1.54, 1.807) is 12.3 Å². The van der Waals surface area contributed by atoms with E-state index in [-0.39, 0.29) is 11.7 Å². The number of fused-ring (bicyclic) bond motifs is 3. The Kier molecular flexibility index (Phi) is 5.10. The molecule has 0 bridgehead atoms.